The summed E-state index contributed by atoms with van der Waals surface area (Å²) >= 11 is 0. The number of hydrogen-bond acceptors (Lipinski definition) is 3. The first-order chi connectivity index (χ1) is 6.26. The van der Waals surface area contributed by atoms with Gasteiger partial charge in [-0.3, -0.25) is 4.79 Å². The lowest BCUT2D eigenvalue weighted by Crippen LogP contribution is -2.25. The summed E-state index contributed by atoms with van der Waals surface area (Å²) in [6.07, 6.45) is 3.87. The van der Waals surface area contributed by atoms with Crippen LogP contribution in [0, 0.1) is 5.92 Å². The summed E-state index contributed by atoms with van der Waals surface area (Å²) in [5, 5.41) is 0. The number of carbonyl (C=O) groups excluding carboxylic acids is 1. The molecule has 13 heavy (non-hydrogen) atoms. The summed E-state index contributed by atoms with van der Waals surface area (Å²) in [5.41, 5.74) is 5.49. The van der Waals surface area contributed by atoms with Crippen LogP contribution in [0.5, 0.6) is 0 Å². The van der Waals surface area contributed by atoms with Crippen molar-refractivity contribution < 1.29 is 9.53 Å². The average Bonchev–Trinajstić information content (AvgIpc) is 2.16. The molecule has 2 N–H and O–H groups in total. The number of ether oxygens (including phenoxy) is 1. The van der Waals surface area contributed by atoms with E-state index >= 15 is 0 Å². The van der Waals surface area contributed by atoms with Gasteiger partial charge in [0.2, 0.25) is 0 Å². The van der Waals surface area contributed by atoms with Crippen LogP contribution in [-0.4, -0.2) is 19.1 Å². The van der Waals surface area contributed by atoms with Gasteiger partial charge in [0.05, 0.1) is 12.5 Å². The van der Waals surface area contributed by atoms with Crippen LogP contribution in [0.1, 0.15) is 39.5 Å². The monoisotopic (exact) mass is 187 g/mol. The largest absolute Gasteiger partial charge is 0.465 e. The lowest BCUT2D eigenvalue weighted by molar-refractivity contribution is -0.148. The van der Waals surface area contributed by atoms with Gasteiger partial charge in [0, 0.05) is 6.54 Å². The van der Waals surface area contributed by atoms with Crippen LogP contribution in [0.2, 0.25) is 0 Å². The lowest BCUT2D eigenvalue weighted by Gasteiger charge is -2.12. The Labute approximate surface area is 80.6 Å². The number of carbonyl (C=O) groups is 1. The molecule has 0 aliphatic heterocycles. The normalized spacial score (nSPS) is 12.5. The number of esters is 1. The molecule has 0 radical (unpaired) electrons. The van der Waals surface area contributed by atoms with Crippen molar-refractivity contribution >= 4 is 5.97 Å². The summed E-state index contributed by atoms with van der Waals surface area (Å²) in [6.45, 7) is 5.01. The van der Waals surface area contributed by atoms with Crippen molar-refractivity contribution in [1.29, 1.82) is 0 Å². The van der Waals surface area contributed by atoms with Crippen LogP contribution < -0.4 is 5.73 Å². The first-order valence-electron chi connectivity index (χ1n) is 5.12. The Morgan fingerprint density at radius 3 is 2.54 bits per heavy atom. The summed E-state index contributed by atoms with van der Waals surface area (Å²) in [5.74, 6) is -0.218. The van der Waals surface area contributed by atoms with Gasteiger partial charge < -0.3 is 10.5 Å². The second kappa shape index (κ2) is 8.05. The molecule has 0 aromatic rings. The Morgan fingerprint density at radius 1 is 1.38 bits per heavy atom. The minimum Gasteiger partial charge on any atom is -0.465 e. The summed E-state index contributed by atoms with van der Waals surface area (Å²) in [7, 11) is 0. The van der Waals surface area contributed by atoms with Crippen LogP contribution >= 0.6 is 0 Å². The molecule has 0 bridgehead atoms. The van der Waals surface area contributed by atoms with Crippen LogP contribution in [-0.2, 0) is 9.53 Å². The molecule has 0 aliphatic carbocycles. The predicted octanol–water partition coefficient (Wildman–Crippen LogP) is 1.70. The first-order valence-corrected chi connectivity index (χ1v) is 5.12. The number of hydrogen-bond donors (Lipinski definition) is 1. The van der Waals surface area contributed by atoms with Crippen LogP contribution in [0.3, 0.4) is 0 Å². The molecule has 78 valence electrons. The third-order valence-corrected chi connectivity index (χ3v) is 1.97. The van der Waals surface area contributed by atoms with Crippen molar-refractivity contribution in [2.45, 2.75) is 39.5 Å². The molecule has 1 unspecified atom stereocenters. The Kier molecular flexibility index (Phi) is 7.69. The van der Waals surface area contributed by atoms with Crippen molar-refractivity contribution in [3.8, 4) is 0 Å². The fourth-order valence-electron chi connectivity index (χ4n) is 1.10. The molecular weight excluding hydrogens is 166 g/mol. The molecule has 0 aromatic heterocycles. The molecule has 0 aromatic carbocycles. The van der Waals surface area contributed by atoms with Crippen molar-refractivity contribution in [1.82, 2.24) is 0 Å². The van der Waals surface area contributed by atoms with Gasteiger partial charge in [-0.05, 0) is 12.8 Å². The Hall–Kier alpha value is -0.570. The molecule has 0 amide bonds. The molecule has 1 atom stereocenters. The van der Waals surface area contributed by atoms with E-state index in [9.17, 15) is 4.79 Å². The van der Waals surface area contributed by atoms with E-state index in [-0.39, 0.29) is 11.9 Å². The van der Waals surface area contributed by atoms with E-state index in [0.717, 1.165) is 25.7 Å². The van der Waals surface area contributed by atoms with Gasteiger partial charge in [-0.1, -0.05) is 26.7 Å². The number of nitrogens with two attached hydrogens (primary N) is 1. The van der Waals surface area contributed by atoms with Crippen molar-refractivity contribution in [3.63, 3.8) is 0 Å². The fraction of sp³-hybridized carbons (Fsp3) is 0.900. The lowest BCUT2D eigenvalue weighted by atomic mass is 10.0. The summed E-state index contributed by atoms with van der Waals surface area (Å²) in [4.78, 5) is 11.3. The zero-order valence-corrected chi connectivity index (χ0v) is 8.71. The molecule has 3 heteroatoms. The maximum Gasteiger partial charge on any atom is 0.310 e. The van der Waals surface area contributed by atoms with Crippen molar-refractivity contribution in [2.24, 2.45) is 11.7 Å². The van der Waals surface area contributed by atoms with E-state index in [2.05, 4.69) is 6.92 Å². The van der Waals surface area contributed by atoms with E-state index < -0.39 is 0 Å². The minimum atomic E-state index is -0.127. The van der Waals surface area contributed by atoms with E-state index in [1.54, 1.807) is 0 Å². The number of rotatable bonds is 7. The molecule has 0 heterocycles. The summed E-state index contributed by atoms with van der Waals surface area (Å²) in [6, 6.07) is 0. The van der Waals surface area contributed by atoms with Gasteiger partial charge in [0.1, 0.15) is 0 Å². The molecule has 0 saturated carbocycles. The predicted molar refractivity (Wildman–Crippen MR) is 53.3 cm³/mol. The first kappa shape index (κ1) is 12.4. The smallest absolute Gasteiger partial charge is 0.310 e. The topological polar surface area (TPSA) is 52.3 Å². The van der Waals surface area contributed by atoms with Crippen LogP contribution in [0.15, 0.2) is 0 Å². The highest BCUT2D eigenvalue weighted by Gasteiger charge is 2.16. The molecule has 3 nitrogen and oxygen atoms in total. The Balaban J connectivity index is 3.71. The molecule has 0 fully saturated rings. The van der Waals surface area contributed by atoms with E-state index in [1.165, 1.54) is 0 Å². The maximum atomic E-state index is 11.3. The van der Waals surface area contributed by atoms with Gasteiger partial charge in [0.25, 0.3) is 0 Å². The Bertz CT molecular complexity index is 137. The fourth-order valence-corrected chi connectivity index (χ4v) is 1.10. The second-order valence-electron chi connectivity index (χ2n) is 3.24. The van der Waals surface area contributed by atoms with Gasteiger partial charge in [-0.2, -0.15) is 0 Å². The summed E-state index contributed by atoms with van der Waals surface area (Å²) < 4.78 is 5.02. The molecule has 0 aliphatic rings. The average molecular weight is 187 g/mol. The Morgan fingerprint density at radius 2 is 2.08 bits per heavy atom. The van der Waals surface area contributed by atoms with Crippen molar-refractivity contribution in [3.05, 3.63) is 0 Å². The third-order valence-electron chi connectivity index (χ3n) is 1.97. The third kappa shape index (κ3) is 5.64. The van der Waals surface area contributed by atoms with Crippen molar-refractivity contribution in [2.75, 3.05) is 13.2 Å². The minimum absolute atomic E-state index is 0.0912. The van der Waals surface area contributed by atoms with E-state index in [0.29, 0.717) is 13.2 Å². The molecule has 0 rings (SSSR count). The highest BCUT2D eigenvalue weighted by molar-refractivity contribution is 5.72. The standard InChI is InChI=1S/C10H21NO2/c1-3-5-6-9(8-11)10(12)13-7-4-2/h9H,3-8,11H2,1-2H3. The highest BCUT2D eigenvalue weighted by atomic mass is 16.5. The van der Waals surface area contributed by atoms with Crippen LogP contribution in [0.25, 0.3) is 0 Å². The quantitative estimate of drug-likeness (QED) is 0.617. The zero-order chi connectivity index (χ0) is 10.1. The molecule has 0 saturated heterocycles. The highest BCUT2D eigenvalue weighted by Crippen LogP contribution is 2.09. The maximum absolute atomic E-state index is 11.3. The van der Waals surface area contributed by atoms with Gasteiger partial charge in [0.15, 0.2) is 0 Å². The van der Waals surface area contributed by atoms with Crippen LogP contribution in [0.4, 0.5) is 0 Å². The zero-order valence-electron chi connectivity index (χ0n) is 8.71. The van der Waals surface area contributed by atoms with Gasteiger partial charge >= 0.3 is 5.97 Å². The van der Waals surface area contributed by atoms with Gasteiger partial charge in [-0.25, -0.2) is 0 Å². The molecule has 0 spiro atoms. The number of unbranched alkanes of at least 4 members (excludes halogenated alkanes) is 1. The van der Waals surface area contributed by atoms with Gasteiger partial charge in [-0.15, -0.1) is 0 Å². The second-order valence-corrected chi connectivity index (χ2v) is 3.24. The van der Waals surface area contributed by atoms with E-state index in [4.69, 9.17) is 10.5 Å². The molecular formula is C10H21NO2. The van der Waals surface area contributed by atoms with E-state index in [1.807, 2.05) is 6.92 Å². The SMILES string of the molecule is CCCCC(CN)C(=O)OCCC.